The predicted octanol–water partition coefficient (Wildman–Crippen LogP) is 6.15. The topological polar surface area (TPSA) is 17.1 Å². The maximum absolute atomic E-state index is 12.7. The number of benzene rings is 2. The van der Waals surface area contributed by atoms with Crippen molar-refractivity contribution in [3.8, 4) is 0 Å². The van der Waals surface area contributed by atoms with E-state index in [4.69, 9.17) is 23.2 Å². The number of Topliss-reactive ketones (excluding diaryl/α,β-unsaturated/α-hetero) is 1. The number of halogens is 2. The first kappa shape index (κ1) is 15.8. The van der Waals surface area contributed by atoms with E-state index in [1.165, 1.54) is 0 Å². The van der Waals surface area contributed by atoms with E-state index >= 15 is 0 Å². The van der Waals surface area contributed by atoms with Crippen LogP contribution in [0.15, 0.2) is 78.4 Å². The summed E-state index contributed by atoms with van der Waals surface area (Å²) in [6, 6.07) is 14.7. The van der Waals surface area contributed by atoms with E-state index in [1.807, 2.05) is 60.7 Å². The Bertz CT molecular complexity index is 830. The molecule has 0 aliphatic heterocycles. The second-order valence-electron chi connectivity index (χ2n) is 5.26. The van der Waals surface area contributed by atoms with Crippen LogP contribution in [0, 0.1) is 0 Å². The van der Waals surface area contributed by atoms with Gasteiger partial charge in [-0.3, -0.25) is 4.79 Å². The second kappa shape index (κ2) is 6.99. The first-order valence-electron chi connectivity index (χ1n) is 7.27. The minimum absolute atomic E-state index is 0.0353. The van der Waals surface area contributed by atoms with Crippen LogP contribution in [0.25, 0.3) is 5.57 Å². The molecule has 0 atom stereocenters. The molecule has 2 aromatic carbocycles. The maximum atomic E-state index is 12.7. The molecule has 0 unspecified atom stereocenters. The van der Waals surface area contributed by atoms with Gasteiger partial charge in [0.25, 0.3) is 0 Å². The van der Waals surface area contributed by atoms with E-state index in [0.717, 1.165) is 16.7 Å². The minimum atomic E-state index is 0.0353. The van der Waals surface area contributed by atoms with Crippen LogP contribution >= 0.6 is 23.2 Å². The lowest BCUT2D eigenvalue weighted by Gasteiger charge is -2.11. The molecule has 1 nitrogen and oxygen atoms in total. The third-order valence-corrected chi connectivity index (χ3v) is 4.24. The summed E-state index contributed by atoms with van der Waals surface area (Å²) in [5, 5.41) is 1.19. The van der Waals surface area contributed by atoms with E-state index in [2.05, 4.69) is 0 Å². The fourth-order valence-electron chi connectivity index (χ4n) is 2.53. The fourth-order valence-corrected chi connectivity index (χ4v) is 3.06. The molecule has 114 valence electrons. The Hall–Kier alpha value is -2.09. The second-order valence-corrected chi connectivity index (χ2v) is 6.11. The number of allylic oxidation sites excluding steroid dienone is 6. The lowest BCUT2D eigenvalue weighted by atomic mass is 9.94. The van der Waals surface area contributed by atoms with Crippen LogP contribution in [0.4, 0.5) is 0 Å². The SMILES string of the molecule is O=C(C1=CC=CC=C(c2ccc(Cl)cc2Cl)C1)c1ccccc1. The Morgan fingerprint density at radius 3 is 2.39 bits per heavy atom. The number of hydrogen-bond acceptors (Lipinski definition) is 1. The summed E-state index contributed by atoms with van der Waals surface area (Å²) in [5.41, 5.74) is 3.32. The van der Waals surface area contributed by atoms with Crippen molar-refractivity contribution in [3.05, 3.63) is 99.6 Å². The van der Waals surface area contributed by atoms with Crippen LogP contribution in [0.3, 0.4) is 0 Å². The number of rotatable bonds is 3. The zero-order valence-corrected chi connectivity index (χ0v) is 13.8. The van der Waals surface area contributed by atoms with Gasteiger partial charge in [-0.25, -0.2) is 0 Å². The van der Waals surface area contributed by atoms with Gasteiger partial charge in [0, 0.05) is 27.6 Å². The Morgan fingerprint density at radius 1 is 0.913 bits per heavy atom. The molecule has 3 rings (SSSR count). The largest absolute Gasteiger partial charge is 0.289 e. The predicted molar refractivity (Wildman–Crippen MR) is 97.1 cm³/mol. The molecule has 0 radical (unpaired) electrons. The zero-order valence-electron chi connectivity index (χ0n) is 12.3. The Labute approximate surface area is 145 Å². The molecule has 1 aliphatic rings. The lowest BCUT2D eigenvalue weighted by Crippen LogP contribution is -2.04. The average molecular weight is 341 g/mol. The van der Waals surface area contributed by atoms with Crippen molar-refractivity contribution in [3.63, 3.8) is 0 Å². The van der Waals surface area contributed by atoms with Crippen LogP contribution in [-0.2, 0) is 0 Å². The highest BCUT2D eigenvalue weighted by Gasteiger charge is 2.16. The molecule has 0 bridgehead atoms. The Kier molecular flexibility index (Phi) is 4.80. The third-order valence-electron chi connectivity index (χ3n) is 3.69. The highest BCUT2D eigenvalue weighted by molar-refractivity contribution is 6.35. The quantitative estimate of drug-likeness (QED) is 0.612. The molecule has 1 aliphatic carbocycles. The smallest absolute Gasteiger partial charge is 0.189 e. The molecule has 0 N–H and O–H groups in total. The summed E-state index contributed by atoms with van der Waals surface area (Å²) in [6.45, 7) is 0. The Balaban J connectivity index is 1.92. The highest BCUT2D eigenvalue weighted by Crippen LogP contribution is 2.32. The van der Waals surface area contributed by atoms with Crippen LogP contribution in [0.5, 0.6) is 0 Å². The molecule has 23 heavy (non-hydrogen) atoms. The van der Waals surface area contributed by atoms with E-state index in [1.54, 1.807) is 12.1 Å². The van der Waals surface area contributed by atoms with Crippen molar-refractivity contribution in [2.45, 2.75) is 6.42 Å². The first-order valence-corrected chi connectivity index (χ1v) is 8.02. The molecule has 0 fully saturated rings. The van der Waals surface area contributed by atoms with Crippen molar-refractivity contribution in [1.82, 2.24) is 0 Å². The van der Waals surface area contributed by atoms with Gasteiger partial charge in [0.1, 0.15) is 0 Å². The van der Waals surface area contributed by atoms with Gasteiger partial charge in [-0.15, -0.1) is 0 Å². The third kappa shape index (κ3) is 3.64. The highest BCUT2D eigenvalue weighted by atomic mass is 35.5. The molecular weight excluding hydrogens is 327 g/mol. The van der Waals surface area contributed by atoms with E-state index in [9.17, 15) is 4.79 Å². The molecule has 2 aromatic rings. The normalized spacial score (nSPS) is 14.0. The van der Waals surface area contributed by atoms with Gasteiger partial charge in [-0.05, 0) is 23.3 Å². The monoisotopic (exact) mass is 340 g/mol. The van der Waals surface area contributed by atoms with Gasteiger partial charge in [0.2, 0.25) is 0 Å². The lowest BCUT2D eigenvalue weighted by molar-refractivity contribution is 0.103. The molecule has 0 spiro atoms. The summed E-state index contributed by atoms with van der Waals surface area (Å²) in [5.74, 6) is 0.0353. The summed E-state index contributed by atoms with van der Waals surface area (Å²) >= 11 is 12.3. The fraction of sp³-hybridized carbons (Fsp3) is 0.0500. The number of ketones is 1. The van der Waals surface area contributed by atoms with Gasteiger partial charge >= 0.3 is 0 Å². The van der Waals surface area contributed by atoms with Crippen LogP contribution in [0.2, 0.25) is 10.0 Å². The van der Waals surface area contributed by atoms with E-state index in [0.29, 0.717) is 22.0 Å². The van der Waals surface area contributed by atoms with Crippen LogP contribution in [0.1, 0.15) is 22.3 Å². The van der Waals surface area contributed by atoms with Gasteiger partial charge in [0.05, 0.1) is 0 Å². The summed E-state index contributed by atoms with van der Waals surface area (Å²) in [7, 11) is 0. The van der Waals surface area contributed by atoms with Crippen LogP contribution in [-0.4, -0.2) is 5.78 Å². The van der Waals surface area contributed by atoms with Crippen molar-refractivity contribution >= 4 is 34.6 Å². The molecule has 0 aromatic heterocycles. The van der Waals surface area contributed by atoms with Gasteiger partial charge in [0.15, 0.2) is 5.78 Å². The number of hydrogen-bond donors (Lipinski definition) is 0. The standard InChI is InChI=1S/C20H14Cl2O/c21-17-10-11-18(19(22)13-17)15-8-4-5-9-16(12-15)20(23)14-6-2-1-3-7-14/h1-11,13H,12H2. The molecular formula is C20H14Cl2O. The van der Waals surface area contributed by atoms with E-state index in [-0.39, 0.29) is 5.78 Å². The maximum Gasteiger partial charge on any atom is 0.189 e. The number of carbonyl (C=O) groups is 1. The molecule has 0 heterocycles. The molecule has 0 saturated carbocycles. The summed E-state index contributed by atoms with van der Waals surface area (Å²) < 4.78 is 0. The minimum Gasteiger partial charge on any atom is -0.289 e. The van der Waals surface area contributed by atoms with Crippen molar-refractivity contribution in [2.24, 2.45) is 0 Å². The first-order chi connectivity index (χ1) is 11.1. The molecule has 0 amide bonds. The summed E-state index contributed by atoms with van der Waals surface area (Å²) in [4.78, 5) is 12.7. The molecule has 3 heteroatoms. The van der Waals surface area contributed by atoms with Crippen LogP contribution < -0.4 is 0 Å². The van der Waals surface area contributed by atoms with Gasteiger partial charge in [-0.1, -0.05) is 83.9 Å². The van der Waals surface area contributed by atoms with Crippen molar-refractivity contribution in [2.75, 3.05) is 0 Å². The number of carbonyl (C=O) groups excluding carboxylic acids is 1. The van der Waals surface area contributed by atoms with Gasteiger partial charge in [-0.2, -0.15) is 0 Å². The average Bonchev–Trinajstić information content (AvgIpc) is 2.81. The van der Waals surface area contributed by atoms with Crippen molar-refractivity contribution < 1.29 is 4.79 Å². The van der Waals surface area contributed by atoms with E-state index < -0.39 is 0 Å². The van der Waals surface area contributed by atoms with Gasteiger partial charge < -0.3 is 0 Å². The van der Waals surface area contributed by atoms with Crippen molar-refractivity contribution in [1.29, 1.82) is 0 Å². The Morgan fingerprint density at radius 2 is 1.65 bits per heavy atom. The zero-order chi connectivity index (χ0) is 16.2. The summed E-state index contributed by atoms with van der Waals surface area (Å²) in [6.07, 6.45) is 8.18. The molecule has 0 saturated heterocycles.